The van der Waals surface area contributed by atoms with Gasteiger partial charge in [-0.2, -0.15) is 5.10 Å². The molecule has 0 amide bonds. The Morgan fingerprint density at radius 2 is 2.12 bits per heavy atom. The maximum absolute atomic E-state index is 13.1. The lowest BCUT2D eigenvalue weighted by atomic mass is 10.2. The Morgan fingerprint density at radius 1 is 1.27 bits per heavy atom. The summed E-state index contributed by atoms with van der Waals surface area (Å²) >= 11 is 1.71. The lowest BCUT2D eigenvalue weighted by molar-refractivity contribution is 0.414. The Balaban J connectivity index is 1.97. The molecule has 26 heavy (non-hydrogen) atoms. The molecule has 0 saturated carbocycles. The molecule has 0 aliphatic heterocycles. The van der Waals surface area contributed by atoms with Crippen LogP contribution in [0.4, 0.5) is 0 Å². The quantitative estimate of drug-likeness (QED) is 0.531. The van der Waals surface area contributed by atoms with Crippen LogP contribution in [0.1, 0.15) is 23.8 Å². The number of aromatic nitrogens is 3. The van der Waals surface area contributed by atoms with Crippen LogP contribution < -0.4 is 10.3 Å². The molecule has 134 valence electrons. The standard InChI is InChI=1S/C20H21N3O2S/c1-4-8-23-20(24)18-16(11-21-23)19-17(9-13(2)26-19)22(18)12-14-6-5-7-15(10-14)25-3/h5-7,9-11H,4,8,12H2,1-3H3. The Hall–Kier alpha value is -2.60. The smallest absolute Gasteiger partial charge is 0.291 e. The number of hydrogen-bond acceptors (Lipinski definition) is 4. The number of hydrogen-bond donors (Lipinski definition) is 0. The predicted molar refractivity (Wildman–Crippen MR) is 107 cm³/mol. The molecule has 1 aromatic carbocycles. The van der Waals surface area contributed by atoms with E-state index in [0.717, 1.165) is 38.9 Å². The number of rotatable bonds is 5. The number of benzene rings is 1. The average molecular weight is 367 g/mol. The zero-order valence-corrected chi connectivity index (χ0v) is 16.0. The zero-order chi connectivity index (χ0) is 18.3. The molecule has 5 nitrogen and oxygen atoms in total. The van der Waals surface area contributed by atoms with Gasteiger partial charge < -0.3 is 9.30 Å². The Bertz CT molecular complexity index is 1150. The van der Waals surface area contributed by atoms with Crippen LogP contribution >= 0.6 is 11.3 Å². The predicted octanol–water partition coefficient (Wildman–Crippen LogP) is 4.19. The van der Waals surface area contributed by atoms with Crippen LogP contribution in [0.25, 0.3) is 21.1 Å². The van der Waals surface area contributed by atoms with Crippen LogP contribution in [-0.2, 0) is 13.1 Å². The van der Waals surface area contributed by atoms with E-state index in [9.17, 15) is 4.79 Å². The number of aryl methyl sites for hydroxylation is 2. The summed E-state index contributed by atoms with van der Waals surface area (Å²) in [5, 5.41) is 5.32. The second kappa shape index (κ2) is 6.61. The number of nitrogens with zero attached hydrogens (tertiary/aromatic N) is 3. The van der Waals surface area contributed by atoms with E-state index < -0.39 is 0 Å². The topological polar surface area (TPSA) is 49.0 Å². The second-order valence-corrected chi connectivity index (χ2v) is 7.70. The highest BCUT2D eigenvalue weighted by atomic mass is 32.1. The van der Waals surface area contributed by atoms with Crippen LogP contribution in [0.15, 0.2) is 41.3 Å². The van der Waals surface area contributed by atoms with Gasteiger partial charge in [0.25, 0.3) is 5.56 Å². The molecule has 0 saturated heterocycles. The molecule has 0 aliphatic carbocycles. The zero-order valence-electron chi connectivity index (χ0n) is 15.2. The molecule has 4 rings (SSSR count). The van der Waals surface area contributed by atoms with Crippen molar-refractivity contribution in [2.45, 2.75) is 33.4 Å². The van der Waals surface area contributed by atoms with Gasteiger partial charge in [0.15, 0.2) is 0 Å². The van der Waals surface area contributed by atoms with Gasteiger partial charge in [-0.1, -0.05) is 19.1 Å². The lowest BCUT2D eigenvalue weighted by Gasteiger charge is -2.09. The molecule has 0 fully saturated rings. The van der Waals surface area contributed by atoms with Crippen molar-refractivity contribution in [2.24, 2.45) is 0 Å². The van der Waals surface area contributed by atoms with E-state index in [2.05, 4.69) is 35.6 Å². The molecule has 0 unspecified atom stereocenters. The third-order valence-electron chi connectivity index (χ3n) is 4.57. The van der Waals surface area contributed by atoms with Crippen molar-refractivity contribution in [3.63, 3.8) is 0 Å². The Kier molecular flexibility index (Phi) is 4.28. The summed E-state index contributed by atoms with van der Waals surface area (Å²) < 4.78 is 10.2. The van der Waals surface area contributed by atoms with Crippen molar-refractivity contribution < 1.29 is 4.74 Å². The minimum atomic E-state index is -0.0201. The van der Waals surface area contributed by atoms with Gasteiger partial charge in [-0.15, -0.1) is 11.3 Å². The van der Waals surface area contributed by atoms with E-state index in [4.69, 9.17) is 4.74 Å². The van der Waals surface area contributed by atoms with Crippen molar-refractivity contribution in [3.05, 3.63) is 57.3 Å². The minimum Gasteiger partial charge on any atom is -0.497 e. The summed E-state index contributed by atoms with van der Waals surface area (Å²) in [6.07, 6.45) is 2.72. The fraction of sp³-hybridized carbons (Fsp3) is 0.300. The third kappa shape index (κ3) is 2.70. The van der Waals surface area contributed by atoms with Crippen LogP contribution in [0, 0.1) is 6.92 Å². The van der Waals surface area contributed by atoms with Crippen molar-refractivity contribution in [2.75, 3.05) is 7.11 Å². The van der Waals surface area contributed by atoms with Gasteiger partial charge in [-0.3, -0.25) is 4.79 Å². The second-order valence-electron chi connectivity index (χ2n) is 6.44. The first kappa shape index (κ1) is 16.8. The van der Waals surface area contributed by atoms with E-state index in [1.165, 1.54) is 4.88 Å². The molecular weight excluding hydrogens is 346 g/mol. The SMILES string of the molecule is CCCn1ncc2c3sc(C)cc3n(Cc3cccc(OC)c3)c2c1=O. The van der Waals surface area contributed by atoms with Crippen molar-refractivity contribution >= 4 is 32.5 Å². The molecule has 0 radical (unpaired) electrons. The third-order valence-corrected chi connectivity index (χ3v) is 5.64. The average Bonchev–Trinajstić information content (AvgIpc) is 3.15. The van der Waals surface area contributed by atoms with E-state index in [1.54, 1.807) is 23.1 Å². The van der Waals surface area contributed by atoms with Crippen LogP contribution in [0.5, 0.6) is 5.75 Å². The maximum atomic E-state index is 13.1. The van der Waals surface area contributed by atoms with E-state index in [1.807, 2.05) is 24.4 Å². The summed E-state index contributed by atoms with van der Waals surface area (Å²) in [6.45, 7) is 5.40. The van der Waals surface area contributed by atoms with Crippen molar-refractivity contribution in [1.82, 2.24) is 14.3 Å². The van der Waals surface area contributed by atoms with Crippen molar-refractivity contribution in [3.8, 4) is 5.75 Å². The minimum absolute atomic E-state index is 0.0201. The van der Waals surface area contributed by atoms with Gasteiger partial charge in [0.2, 0.25) is 0 Å². The highest BCUT2D eigenvalue weighted by Crippen LogP contribution is 2.34. The summed E-state index contributed by atoms with van der Waals surface area (Å²) in [5.74, 6) is 0.821. The lowest BCUT2D eigenvalue weighted by Crippen LogP contribution is -2.24. The van der Waals surface area contributed by atoms with Gasteiger partial charge in [-0.25, -0.2) is 4.68 Å². The first-order valence-electron chi connectivity index (χ1n) is 8.73. The van der Waals surface area contributed by atoms with Crippen LogP contribution in [0.3, 0.4) is 0 Å². The highest BCUT2D eigenvalue weighted by Gasteiger charge is 2.18. The van der Waals surface area contributed by atoms with Gasteiger partial charge >= 0.3 is 0 Å². The van der Waals surface area contributed by atoms with E-state index >= 15 is 0 Å². The number of methoxy groups -OCH3 is 1. The molecule has 0 aliphatic rings. The number of fused-ring (bicyclic) bond motifs is 3. The monoisotopic (exact) mass is 367 g/mol. The fourth-order valence-electron chi connectivity index (χ4n) is 3.41. The van der Waals surface area contributed by atoms with Crippen LogP contribution in [0.2, 0.25) is 0 Å². The molecule has 0 N–H and O–H groups in total. The fourth-order valence-corrected chi connectivity index (χ4v) is 4.43. The van der Waals surface area contributed by atoms with Crippen molar-refractivity contribution in [1.29, 1.82) is 0 Å². The molecule has 3 aromatic heterocycles. The molecule has 3 heterocycles. The molecule has 6 heteroatoms. The molecule has 0 spiro atoms. The first-order chi connectivity index (χ1) is 12.6. The summed E-state index contributed by atoms with van der Waals surface area (Å²) in [7, 11) is 1.67. The van der Waals surface area contributed by atoms with Gasteiger partial charge in [0.1, 0.15) is 11.3 Å². The number of ether oxygens (including phenoxy) is 1. The Labute approximate surface area is 155 Å². The molecule has 0 atom stereocenters. The van der Waals surface area contributed by atoms with Gasteiger partial charge in [-0.05, 0) is 37.1 Å². The first-order valence-corrected chi connectivity index (χ1v) is 9.55. The molecule has 4 aromatic rings. The summed E-state index contributed by atoms with van der Waals surface area (Å²) in [6, 6.07) is 10.1. The normalized spacial score (nSPS) is 11.5. The molecular formula is C20H21N3O2S. The number of thiophene rings is 1. The van der Waals surface area contributed by atoms with E-state index in [-0.39, 0.29) is 5.56 Å². The summed E-state index contributed by atoms with van der Waals surface area (Å²) in [5.41, 5.74) is 2.91. The van der Waals surface area contributed by atoms with Gasteiger partial charge in [0.05, 0.1) is 23.5 Å². The van der Waals surface area contributed by atoms with Gasteiger partial charge in [0, 0.05) is 23.4 Å². The summed E-state index contributed by atoms with van der Waals surface area (Å²) in [4.78, 5) is 14.3. The van der Waals surface area contributed by atoms with Crippen LogP contribution in [-0.4, -0.2) is 21.5 Å². The largest absolute Gasteiger partial charge is 0.497 e. The highest BCUT2D eigenvalue weighted by molar-refractivity contribution is 7.20. The Morgan fingerprint density at radius 3 is 2.88 bits per heavy atom. The van der Waals surface area contributed by atoms with E-state index in [0.29, 0.717) is 13.1 Å². The molecule has 0 bridgehead atoms. The maximum Gasteiger partial charge on any atom is 0.291 e.